The first kappa shape index (κ1) is 9.32. The van der Waals surface area contributed by atoms with Crippen molar-refractivity contribution in [3.8, 4) is 0 Å². The van der Waals surface area contributed by atoms with Gasteiger partial charge in [-0.1, -0.05) is 0 Å². The van der Waals surface area contributed by atoms with E-state index in [9.17, 15) is 4.79 Å². The van der Waals surface area contributed by atoms with Crippen molar-refractivity contribution in [3.05, 3.63) is 22.6 Å². The van der Waals surface area contributed by atoms with Crippen LogP contribution in [-0.2, 0) is 16.0 Å². The van der Waals surface area contributed by atoms with Gasteiger partial charge in [0.25, 0.3) is 0 Å². The molecule has 0 amide bonds. The number of carbonyl (C=O) groups is 1. The predicted molar refractivity (Wildman–Crippen MR) is 46.7 cm³/mol. The van der Waals surface area contributed by atoms with Crippen LogP contribution in [0.1, 0.15) is 12.7 Å². The van der Waals surface area contributed by atoms with Crippen molar-refractivity contribution in [1.29, 1.82) is 0 Å². The molecule has 0 spiro atoms. The standard InChI is InChI=1S/C8H9BrO3/c1-6(10)11-5-4-7-2-3-8(9)12-7/h2-3H,4-5H2,1H3. The quantitative estimate of drug-likeness (QED) is 0.751. The Hall–Kier alpha value is -0.770. The van der Waals surface area contributed by atoms with E-state index in [4.69, 9.17) is 9.15 Å². The molecule has 1 rings (SSSR count). The average molecular weight is 233 g/mol. The Bertz CT molecular complexity index is 267. The first-order chi connectivity index (χ1) is 5.68. The van der Waals surface area contributed by atoms with Crippen LogP contribution >= 0.6 is 15.9 Å². The minimum absolute atomic E-state index is 0.263. The largest absolute Gasteiger partial charge is 0.465 e. The first-order valence-electron chi connectivity index (χ1n) is 3.56. The Kier molecular flexibility index (Phi) is 3.34. The fraction of sp³-hybridized carbons (Fsp3) is 0.375. The second kappa shape index (κ2) is 4.30. The Morgan fingerprint density at radius 3 is 2.92 bits per heavy atom. The number of ether oxygens (including phenoxy) is 1. The molecule has 0 aliphatic rings. The average Bonchev–Trinajstić information content (AvgIpc) is 2.35. The summed E-state index contributed by atoms with van der Waals surface area (Å²) in [6, 6.07) is 3.65. The summed E-state index contributed by atoms with van der Waals surface area (Å²) < 4.78 is 10.6. The van der Waals surface area contributed by atoms with Crippen LogP contribution in [0.3, 0.4) is 0 Å². The van der Waals surface area contributed by atoms with Gasteiger partial charge in [0.1, 0.15) is 5.76 Å². The molecule has 0 aliphatic carbocycles. The van der Waals surface area contributed by atoms with E-state index in [1.165, 1.54) is 6.92 Å². The molecular weight excluding hydrogens is 224 g/mol. The zero-order valence-corrected chi connectivity index (χ0v) is 8.26. The van der Waals surface area contributed by atoms with Gasteiger partial charge >= 0.3 is 5.97 Å². The first-order valence-corrected chi connectivity index (χ1v) is 4.35. The van der Waals surface area contributed by atoms with E-state index in [2.05, 4.69) is 15.9 Å². The Morgan fingerprint density at radius 2 is 2.42 bits per heavy atom. The highest BCUT2D eigenvalue weighted by Gasteiger charge is 1.99. The molecule has 12 heavy (non-hydrogen) atoms. The summed E-state index contributed by atoms with van der Waals surface area (Å²) >= 11 is 3.18. The number of halogens is 1. The summed E-state index contributed by atoms with van der Waals surface area (Å²) in [6.45, 7) is 1.76. The maximum atomic E-state index is 10.4. The summed E-state index contributed by atoms with van der Waals surface area (Å²) in [4.78, 5) is 10.4. The highest BCUT2D eigenvalue weighted by Crippen LogP contribution is 2.14. The van der Waals surface area contributed by atoms with E-state index >= 15 is 0 Å². The van der Waals surface area contributed by atoms with Gasteiger partial charge in [-0.3, -0.25) is 4.79 Å². The van der Waals surface area contributed by atoms with Crippen molar-refractivity contribution >= 4 is 21.9 Å². The van der Waals surface area contributed by atoms with E-state index in [1.807, 2.05) is 12.1 Å². The van der Waals surface area contributed by atoms with E-state index in [0.717, 1.165) is 5.76 Å². The van der Waals surface area contributed by atoms with Crippen molar-refractivity contribution in [2.45, 2.75) is 13.3 Å². The maximum Gasteiger partial charge on any atom is 0.302 e. The maximum absolute atomic E-state index is 10.4. The van der Waals surface area contributed by atoms with Crippen molar-refractivity contribution in [3.63, 3.8) is 0 Å². The monoisotopic (exact) mass is 232 g/mol. The summed E-state index contributed by atoms with van der Waals surface area (Å²) in [5.41, 5.74) is 0. The van der Waals surface area contributed by atoms with E-state index in [1.54, 1.807) is 0 Å². The zero-order chi connectivity index (χ0) is 8.97. The van der Waals surface area contributed by atoms with Gasteiger partial charge < -0.3 is 9.15 Å². The van der Waals surface area contributed by atoms with Crippen molar-refractivity contribution in [2.24, 2.45) is 0 Å². The third-order valence-corrected chi connectivity index (χ3v) is 1.71. The fourth-order valence-electron chi connectivity index (χ4n) is 0.781. The molecule has 1 aromatic rings. The molecule has 0 unspecified atom stereocenters. The van der Waals surface area contributed by atoms with Crippen molar-refractivity contribution in [1.82, 2.24) is 0 Å². The molecule has 1 heterocycles. The number of hydrogen-bond donors (Lipinski definition) is 0. The van der Waals surface area contributed by atoms with Crippen molar-refractivity contribution < 1.29 is 13.9 Å². The topological polar surface area (TPSA) is 39.4 Å². The molecule has 3 nitrogen and oxygen atoms in total. The Labute approximate surface area is 78.8 Å². The number of furan rings is 1. The van der Waals surface area contributed by atoms with Gasteiger partial charge in [-0.25, -0.2) is 0 Å². The number of carbonyl (C=O) groups excluding carboxylic acids is 1. The minimum atomic E-state index is -0.263. The van der Waals surface area contributed by atoms with Crippen LogP contribution in [0.4, 0.5) is 0 Å². The van der Waals surface area contributed by atoms with Crippen LogP contribution in [0.15, 0.2) is 21.2 Å². The van der Waals surface area contributed by atoms with Gasteiger partial charge in [0.2, 0.25) is 0 Å². The van der Waals surface area contributed by atoms with Gasteiger partial charge in [-0.2, -0.15) is 0 Å². The predicted octanol–water partition coefficient (Wildman–Crippen LogP) is 2.15. The van der Waals surface area contributed by atoms with Crippen LogP contribution in [-0.4, -0.2) is 12.6 Å². The molecule has 66 valence electrons. The van der Waals surface area contributed by atoms with Crippen LogP contribution in [0.2, 0.25) is 0 Å². The highest BCUT2D eigenvalue weighted by molar-refractivity contribution is 9.10. The van der Waals surface area contributed by atoms with Gasteiger partial charge in [0, 0.05) is 13.3 Å². The molecule has 0 N–H and O–H groups in total. The SMILES string of the molecule is CC(=O)OCCc1ccc(Br)o1. The molecule has 0 radical (unpaired) electrons. The lowest BCUT2D eigenvalue weighted by Crippen LogP contribution is -2.02. The molecular formula is C8H9BrO3. The van der Waals surface area contributed by atoms with Crippen LogP contribution in [0.25, 0.3) is 0 Å². The summed E-state index contributed by atoms with van der Waals surface area (Å²) in [6.07, 6.45) is 0.616. The van der Waals surface area contributed by atoms with Crippen LogP contribution < -0.4 is 0 Å². The summed E-state index contributed by atoms with van der Waals surface area (Å²) in [5, 5.41) is 0. The van der Waals surface area contributed by atoms with Gasteiger partial charge in [0.15, 0.2) is 4.67 Å². The molecule has 1 aromatic heterocycles. The molecule has 0 saturated carbocycles. The molecule has 4 heteroatoms. The second-order valence-electron chi connectivity index (χ2n) is 2.30. The molecule has 0 fully saturated rings. The highest BCUT2D eigenvalue weighted by atomic mass is 79.9. The molecule has 0 atom stereocenters. The third kappa shape index (κ3) is 3.09. The minimum Gasteiger partial charge on any atom is -0.465 e. The van der Waals surface area contributed by atoms with E-state index in [-0.39, 0.29) is 5.97 Å². The van der Waals surface area contributed by atoms with E-state index in [0.29, 0.717) is 17.7 Å². The van der Waals surface area contributed by atoms with Gasteiger partial charge in [-0.15, -0.1) is 0 Å². The lowest BCUT2D eigenvalue weighted by molar-refractivity contribution is -0.140. The molecule has 0 saturated heterocycles. The normalized spacial score (nSPS) is 9.83. The van der Waals surface area contributed by atoms with E-state index < -0.39 is 0 Å². The summed E-state index contributed by atoms with van der Waals surface area (Å²) in [5.74, 6) is 0.545. The van der Waals surface area contributed by atoms with Crippen LogP contribution in [0.5, 0.6) is 0 Å². The third-order valence-electron chi connectivity index (χ3n) is 1.28. The van der Waals surface area contributed by atoms with Gasteiger partial charge in [-0.05, 0) is 28.1 Å². The Morgan fingerprint density at radius 1 is 1.67 bits per heavy atom. The summed E-state index contributed by atoms with van der Waals surface area (Å²) in [7, 11) is 0. The molecule has 0 bridgehead atoms. The van der Waals surface area contributed by atoms with Gasteiger partial charge in [0.05, 0.1) is 6.61 Å². The second-order valence-corrected chi connectivity index (χ2v) is 3.08. The zero-order valence-electron chi connectivity index (χ0n) is 6.67. The fourth-order valence-corrected chi connectivity index (χ4v) is 1.12. The number of hydrogen-bond acceptors (Lipinski definition) is 3. The lowest BCUT2D eigenvalue weighted by atomic mass is 10.3. The molecule has 0 aromatic carbocycles. The van der Waals surface area contributed by atoms with Crippen LogP contribution in [0, 0.1) is 0 Å². The number of esters is 1. The van der Waals surface area contributed by atoms with Crippen molar-refractivity contribution in [2.75, 3.05) is 6.61 Å². The smallest absolute Gasteiger partial charge is 0.302 e. The lowest BCUT2D eigenvalue weighted by Gasteiger charge is -1.97. The Balaban J connectivity index is 2.29. The molecule has 0 aliphatic heterocycles. The number of rotatable bonds is 3.